The lowest BCUT2D eigenvalue weighted by molar-refractivity contribution is -0.160. The Balaban J connectivity index is 4.87. The minimum Gasteiger partial charge on any atom is -0.481 e. The summed E-state index contributed by atoms with van der Waals surface area (Å²) in [5.74, 6) is -3.24. The van der Waals surface area contributed by atoms with Crippen molar-refractivity contribution in [3.05, 3.63) is 0 Å². The molecular formula is C21H38N2O8. The molecule has 0 saturated carbocycles. The van der Waals surface area contributed by atoms with Gasteiger partial charge in [-0.1, -0.05) is 20.8 Å². The summed E-state index contributed by atoms with van der Waals surface area (Å²) in [4.78, 5) is 48.7. The van der Waals surface area contributed by atoms with Crippen LogP contribution in [0.4, 0.5) is 0 Å². The molecule has 0 rings (SSSR count). The maximum absolute atomic E-state index is 12.5. The topological polar surface area (TPSA) is 145 Å². The molecule has 0 spiro atoms. The summed E-state index contributed by atoms with van der Waals surface area (Å²) in [6.45, 7) is 11.3. The zero-order valence-corrected chi connectivity index (χ0v) is 19.3. The van der Waals surface area contributed by atoms with Crippen LogP contribution in [-0.2, 0) is 23.9 Å². The third-order valence-corrected chi connectivity index (χ3v) is 5.68. The molecule has 3 N–H and O–H groups in total. The molecule has 0 amide bonds. The number of hydrogen-bond donors (Lipinski definition) is 3. The highest BCUT2D eigenvalue weighted by Gasteiger charge is 2.41. The van der Waals surface area contributed by atoms with Gasteiger partial charge in [0.15, 0.2) is 0 Å². The van der Waals surface area contributed by atoms with E-state index in [4.69, 9.17) is 20.1 Å². The number of carbonyl (C=O) groups excluding carboxylic acids is 1. The summed E-state index contributed by atoms with van der Waals surface area (Å²) in [7, 11) is 0. The molecule has 0 unspecified atom stereocenters. The van der Waals surface area contributed by atoms with Crippen molar-refractivity contribution in [2.75, 3.05) is 45.9 Å². The second-order valence-corrected chi connectivity index (χ2v) is 9.13. The van der Waals surface area contributed by atoms with E-state index >= 15 is 0 Å². The van der Waals surface area contributed by atoms with Crippen molar-refractivity contribution in [2.45, 2.75) is 53.9 Å². The summed E-state index contributed by atoms with van der Waals surface area (Å²) in [6, 6.07) is 0. The minimum absolute atomic E-state index is 0.0916. The Kier molecular flexibility index (Phi) is 12.3. The molecule has 0 aliphatic rings. The molecular weight excluding hydrogens is 408 g/mol. The number of rotatable bonds is 16. The standard InChI is InChI=1S/C21H38N2O8/c1-20(2,3)21(4,5)19(30)31-15-14-23(11-8-18(28)29)13-12-22(9-6-16(24)25)10-7-17(26)27/h6-15H2,1-5H3,(H,24,25)(H,26,27)(H,28,29). The Labute approximate surface area is 184 Å². The average molecular weight is 447 g/mol. The van der Waals surface area contributed by atoms with Crippen LogP contribution in [0, 0.1) is 10.8 Å². The van der Waals surface area contributed by atoms with Crippen molar-refractivity contribution < 1.29 is 39.2 Å². The quantitative estimate of drug-likeness (QED) is 0.299. The van der Waals surface area contributed by atoms with Gasteiger partial charge in [-0.3, -0.25) is 24.1 Å². The molecule has 31 heavy (non-hydrogen) atoms. The molecule has 0 aliphatic carbocycles. The molecule has 0 saturated heterocycles. The van der Waals surface area contributed by atoms with Gasteiger partial charge in [-0.25, -0.2) is 0 Å². The molecule has 0 fully saturated rings. The summed E-state index contributed by atoms with van der Waals surface area (Å²) < 4.78 is 5.44. The Bertz CT molecular complexity index is 595. The predicted molar refractivity (Wildman–Crippen MR) is 114 cm³/mol. The van der Waals surface area contributed by atoms with E-state index in [9.17, 15) is 19.2 Å². The van der Waals surface area contributed by atoms with Gasteiger partial charge in [0.1, 0.15) is 6.61 Å². The maximum atomic E-state index is 12.5. The summed E-state index contributed by atoms with van der Waals surface area (Å²) in [5, 5.41) is 26.8. The Morgan fingerprint density at radius 2 is 1.00 bits per heavy atom. The van der Waals surface area contributed by atoms with Crippen LogP contribution in [0.2, 0.25) is 0 Å². The molecule has 0 radical (unpaired) electrons. The van der Waals surface area contributed by atoms with E-state index in [1.165, 1.54) is 0 Å². The Morgan fingerprint density at radius 1 is 0.645 bits per heavy atom. The van der Waals surface area contributed by atoms with E-state index in [-0.39, 0.29) is 56.9 Å². The molecule has 180 valence electrons. The molecule has 0 aliphatic heterocycles. The minimum atomic E-state index is -0.976. The van der Waals surface area contributed by atoms with E-state index < -0.39 is 23.3 Å². The number of carbonyl (C=O) groups is 4. The summed E-state index contributed by atoms with van der Waals surface area (Å²) >= 11 is 0. The number of esters is 1. The van der Waals surface area contributed by atoms with Crippen LogP contribution in [0.15, 0.2) is 0 Å². The van der Waals surface area contributed by atoms with Crippen LogP contribution in [0.3, 0.4) is 0 Å². The number of hydrogen-bond acceptors (Lipinski definition) is 7. The van der Waals surface area contributed by atoms with Gasteiger partial charge in [0.2, 0.25) is 0 Å². The van der Waals surface area contributed by atoms with Gasteiger partial charge < -0.3 is 25.0 Å². The Morgan fingerprint density at radius 3 is 1.32 bits per heavy atom. The van der Waals surface area contributed by atoms with Gasteiger partial charge in [0.05, 0.1) is 24.7 Å². The van der Waals surface area contributed by atoms with Crippen molar-refractivity contribution in [1.29, 1.82) is 0 Å². The van der Waals surface area contributed by atoms with E-state index in [0.717, 1.165) is 0 Å². The Hall–Kier alpha value is -2.20. The maximum Gasteiger partial charge on any atom is 0.312 e. The average Bonchev–Trinajstić information content (AvgIpc) is 2.62. The first-order chi connectivity index (χ1) is 14.2. The fourth-order valence-corrected chi connectivity index (χ4v) is 2.47. The number of ether oxygens (including phenoxy) is 1. The third-order valence-electron chi connectivity index (χ3n) is 5.68. The first-order valence-electron chi connectivity index (χ1n) is 10.4. The van der Waals surface area contributed by atoms with Gasteiger partial charge in [-0.2, -0.15) is 0 Å². The summed E-state index contributed by atoms with van der Waals surface area (Å²) in [5.41, 5.74) is -0.981. The van der Waals surface area contributed by atoms with Crippen molar-refractivity contribution in [2.24, 2.45) is 10.8 Å². The highest BCUT2D eigenvalue weighted by molar-refractivity contribution is 5.76. The number of aliphatic carboxylic acids is 3. The van der Waals surface area contributed by atoms with Crippen LogP contribution in [0.5, 0.6) is 0 Å². The number of nitrogens with zero attached hydrogens (tertiary/aromatic N) is 2. The van der Waals surface area contributed by atoms with Crippen molar-refractivity contribution in [3.8, 4) is 0 Å². The van der Waals surface area contributed by atoms with E-state index in [1.807, 2.05) is 39.5 Å². The lowest BCUT2D eigenvalue weighted by Gasteiger charge is -2.36. The second kappa shape index (κ2) is 13.3. The third kappa shape index (κ3) is 12.3. The monoisotopic (exact) mass is 446 g/mol. The molecule has 0 aromatic rings. The smallest absolute Gasteiger partial charge is 0.312 e. The van der Waals surface area contributed by atoms with Crippen LogP contribution in [0.1, 0.15) is 53.9 Å². The van der Waals surface area contributed by atoms with E-state index in [0.29, 0.717) is 19.6 Å². The van der Waals surface area contributed by atoms with E-state index in [1.54, 1.807) is 4.90 Å². The number of carboxylic acid groups (broad SMARTS) is 3. The van der Waals surface area contributed by atoms with Crippen LogP contribution in [-0.4, -0.2) is 94.9 Å². The molecule has 0 aromatic carbocycles. The van der Waals surface area contributed by atoms with Gasteiger partial charge >= 0.3 is 23.9 Å². The highest BCUT2D eigenvalue weighted by Crippen LogP contribution is 2.38. The van der Waals surface area contributed by atoms with Gasteiger partial charge in [0, 0.05) is 39.3 Å². The zero-order chi connectivity index (χ0) is 24.2. The molecule has 0 atom stereocenters. The van der Waals surface area contributed by atoms with Crippen molar-refractivity contribution in [1.82, 2.24) is 9.80 Å². The second-order valence-electron chi connectivity index (χ2n) is 9.13. The molecule has 0 bridgehead atoms. The van der Waals surface area contributed by atoms with Crippen LogP contribution >= 0.6 is 0 Å². The zero-order valence-electron chi connectivity index (χ0n) is 19.3. The normalized spacial score (nSPS) is 12.2. The fraction of sp³-hybridized carbons (Fsp3) is 0.810. The molecule has 10 heteroatoms. The number of carboxylic acids is 3. The van der Waals surface area contributed by atoms with Gasteiger partial charge in [0.25, 0.3) is 0 Å². The van der Waals surface area contributed by atoms with Gasteiger partial charge in [-0.15, -0.1) is 0 Å². The van der Waals surface area contributed by atoms with Crippen molar-refractivity contribution in [3.63, 3.8) is 0 Å². The summed E-state index contributed by atoms with van der Waals surface area (Å²) in [6.07, 6.45) is -0.325. The first-order valence-corrected chi connectivity index (χ1v) is 10.4. The molecule has 0 aromatic heterocycles. The lowest BCUT2D eigenvalue weighted by atomic mass is 9.69. The highest BCUT2D eigenvalue weighted by atomic mass is 16.5. The fourth-order valence-electron chi connectivity index (χ4n) is 2.47. The van der Waals surface area contributed by atoms with Crippen LogP contribution in [0.25, 0.3) is 0 Å². The van der Waals surface area contributed by atoms with E-state index in [2.05, 4.69) is 0 Å². The first kappa shape index (κ1) is 28.8. The van der Waals surface area contributed by atoms with Crippen LogP contribution < -0.4 is 0 Å². The lowest BCUT2D eigenvalue weighted by Crippen LogP contribution is -2.42. The predicted octanol–water partition coefficient (Wildman–Crippen LogP) is 1.63. The largest absolute Gasteiger partial charge is 0.481 e. The van der Waals surface area contributed by atoms with Crippen molar-refractivity contribution >= 4 is 23.9 Å². The van der Waals surface area contributed by atoms with Gasteiger partial charge in [-0.05, 0) is 19.3 Å². The molecule has 0 heterocycles. The molecule has 10 nitrogen and oxygen atoms in total. The SMILES string of the molecule is CC(C)(C)C(C)(C)C(=O)OCCN(CCC(=O)O)CCN(CCC(=O)O)CCC(=O)O.